The highest BCUT2D eigenvalue weighted by Gasteiger charge is 2.43. The Labute approximate surface area is 153 Å². The van der Waals surface area contributed by atoms with Gasteiger partial charge < -0.3 is 14.8 Å². The molecule has 0 saturated carbocycles. The van der Waals surface area contributed by atoms with Gasteiger partial charge in [-0.25, -0.2) is 9.18 Å². The fraction of sp³-hybridized carbons (Fsp3) is 0.529. The molecule has 0 aromatic heterocycles. The second-order valence-corrected chi connectivity index (χ2v) is 7.10. The minimum Gasteiger partial charge on any atom is -0.486 e. The zero-order chi connectivity index (χ0) is 20.6. The normalized spacial score (nSPS) is 20.4. The van der Waals surface area contributed by atoms with Gasteiger partial charge in [0.1, 0.15) is 35.9 Å². The van der Waals surface area contributed by atoms with Gasteiger partial charge in [0, 0.05) is 6.07 Å². The van der Waals surface area contributed by atoms with Crippen LogP contribution in [0.25, 0.3) is 0 Å². The number of anilines is 1. The Bertz CT molecular complexity index is 731. The number of alkyl halides is 3. The van der Waals surface area contributed by atoms with Crippen molar-refractivity contribution in [2.75, 3.05) is 11.4 Å². The lowest BCUT2D eigenvalue weighted by Crippen LogP contribution is -2.56. The van der Waals surface area contributed by atoms with Crippen LogP contribution in [0.1, 0.15) is 27.7 Å². The molecule has 0 unspecified atom stereocenters. The Morgan fingerprint density at radius 3 is 2.48 bits per heavy atom. The molecule has 27 heavy (non-hydrogen) atoms. The average molecular weight is 392 g/mol. The molecule has 2 rings (SSSR count). The van der Waals surface area contributed by atoms with E-state index in [4.69, 9.17) is 9.47 Å². The van der Waals surface area contributed by atoms with E-state index in [2.05, 4.69) is 5.32 Å². The molecular weight excluding hydrogens is 372 g/mol. The second-order valence-electron chi connectivity index (χ2n) is 7.10. The van der Waals surface area contributed by atoms with Crippen molar-refractivity contribution < 1.29 is 36.6 Å². The van der Waals surface area contributed by atoms with Crippen LogP contribution in [-0.2, 0) is 9.53 Å². The first-order chi connectivity index (χ1) is 12.3. The molecule has 1 aromatic rings. The Morgan fingerprint density at radius 1 is 1.30 bits per heavy atom. The summed E-state index contributed by atoms with van der Waals surface area (Å²) >= 11 is 0. The number of nitrogens with zero attached hydrogens (tertiary/aromatic N) is 1. The van der Waals surface area contributed by atoms with Gasteiger partial charge in [-0.2, -0.15) is 13.2 Å². The molecule has 10 heteroatoms. The van der Waals surface area contributed by atoms with E-state index in [1.807, 2.05) is 0 Å². The van der Waals surface area contributed by atoms with Gasteiger partial charge >= 0.3 is 12.3 Å². The number of rotatable bonds is 2. The summed E-state index contributed by atoms with van der Waals surface area (Å²) in [5.74, 6) is -2.02. The summed E-state index contributed by atoms with van der Waals surface area (Å²) in [6.45, 7) is 4.52. The van der Waals surface area contributed by atoms with Crippen molar-refractivity contribution in [1.82, 2.24) is 5.32 Å². The summed E-state index contributed by atoms with van der Waals surface area (Å²) in [6.07, 6.45) is -6.75. The Hall–Kier alpha value is -2.52. The third-order valence-corrected chi connectivity index (χ3v) is 3.54. The number of amides is 2. The van der Waals surface area contributed by atoms with E-state index in [-0.39, 0.29) is 11.4 Å². The molecule has 0 radical (unpaired) electrons. The minimum atomic E-state index is -4.75. The van der Waals surface area contributed by atoms with Gasteiger partial charge in [0.05, 0.1) is 5.69 Å². The maximum atomic E-state index is 13.6. The fourth-order valence-electron chi connectivity index (χ4n) is 2.51. The van der Waals surface area contributed by atoms with Gasteiger partial charge in [0.25, 0.3) is 5.91 Å². The highest BCUT2D eigenvalue weighted by Crippen LogP contribution is 2.35. The number of hydrogen-bond donors (Lipinski definition) is 1. The zero-order valence-electron chi connectivity index (χ0n) is 15.2. The predicted molar refractivity (Wildman–Crippen MR) is 88.1 cm³/mol. The summed E-state index contributed by atoms with van der Waals surface area (Å²) in [4.78, 5) is 25.1. The average Bonchev–Trinajstić information content (AvgIpc) is 2.56. The molecule has 0 spiro atoms. The highest BCUT2D eigenvalue weighted by molar-refractivity contribution is 6.01. The van der Waals surface area contributed by atoms with Crippen molar-refractivity contribution in [2.24, 2.45) is 0 Å². The summed E-state index contributed by atoms with van der Waals surface area (Å²) in [6, 6.07) is 1.45. The number of alkyl carbamates (subject to hydrolysis) is 1. The number of halogens is 4. The van der Waals surface area contributed by atoms with Crippen molar-refractivity contribution in [2.45, 2.75) is 51.6 Å². The standard InChI is InChI=1S/C17H20F4N2O4/c1-9-13(22-15(25)27-16(2,3)4)14(24)23(8-17(19,20)21)11-7-10(18)5-6-12(11)26-9/h5-7,9,13H,8H2,1-4H3,(H,22,25)/t9-,13+/m1/s1. The smallest absolute Gasteiger partial charge is 0.408 e. The number of carbonyl (C=O) groups excluding carboxylic acids is 2. The lowest BCUT2D eigenvalue weighted by molar-refractivity contribution is -0.134. The minimum absolute atomic E-state index is 0.102. The van der Waals surface area contributed by atoms with Crippen LogP contribution in [-0.4, -0.2) is 42.5 Å². The quantitative estimate of drug-likeness (QED) is 0.784. The molecule has 1 aliphatic rings. The van der Waals surface area contributed by atoms with Crippen LogP contribution in [0.4, 0.5) is 28.0 Å². The van der Waals surface area contributed by atoms with Gasteiger partial charge in [-0.05, 0) is 39.8 Å². The number of fused-ring (bicyclic) bond motifs is 1. The SMILES string of the molecule is C[C@H]1Oc2ccc(F)cc2N(CC(F)(F)F)C(=O)[C@H]1NC(=O)OC(C)(C)C. The van der Waals surface area contributed by atoms with Crippen LogP contribution in [0.2, 0.25) is 0 Å². The van der Waals surface area contributed by atoms with E-state index in [1.165, 1.54) is 6.92 Å². The number of benzene rings is 1. The van der Waals surface area contributed by atoms with Crippen molar-refractivity contribution >= 4 is 17.7 Å². The molecule has 0 bridgehead atoms. The molecule has 6 nitrogen and oxygen atoms in total. The van der Waals surface area contributed by atoms with Gasteiger partial charge in [0.2, 0.25) is 0 Å². The highest BCUT2D eigenvalue weighted by atomic mass is 19.4. The summed E-state index contributed by atoms with van der Waals surface area (Å²) in [7, 11) is 0. The predicted octanol–water partition coefficient (Wildman–Crippen LogP) is 3.40. The summed E-state index contributed by atoms with van der Waals surface area (Å²) < 4.78 is 63.2. The number of ether oxygens (including phenoxy) is 2. The van der Waals surface area contributed by atoms with E-state index >= 15 is 0 Å². The third kappa shape index (κ3) is 5.48. The molecule has 0 aliphatic carbocycles. The lowest BCUT2D eigenvalue weighted by Gasteiger charge is -2.28. The summed E-state index contributed by atoms with van der Waals surface area (Å²) in [5, 5.41) is 2.24. The Balaban J connectivity index is 2.39. The Morgan fingerprint density at radius 2 is 1.93 bits per heavy atom. The number of carbonyl (C=O) groups is 2. The zero-order valence-corrected chi connectivity index (χ0v) is 15.2. The molecule has 0 saturated heterocycles. The summed E-state index contributed by atoms with van der Waals surface area (Å²) in [5.41, 5.74) is -1.24. The lowest BCUT2D eigenvalue weighted by atomic mass is 10.1. The van der Waals surface area contributed by atoms with Gasteiger partial charge in [-0.3, -0.25) is 9.69 Å². The molecule has 1 aliphatic heterocycles. The number of hydrogen-bond acceptors (Lipinski definition) is 4. The first-order valence-corrected chi connectivity index (χ1v) is 8.11. The fourth-order valence-corrected chi connectivity index (χ4v) is 2.51. The monoisotopic (exact) mass is 392 g/mol. The van der Waals surface area contributed by atoms with E-state index in [1.54, 1.807) is 20.8 Å². The molecule has 2 amide bonds. The van der Waals surface area contributed by atoms with Crippen molar-refractivity contribution in [3.05, 3.63) is 24.0 Å². The molecule has 1 aromatic carbocycles. The van der Waals surface area contributed by atoms with Crippen LogP contribution < -0.4 is 15.0 Å². The maximum absolute atomic E-state index is 13.6. The van der Waals surface area contributed by atoms with E-state index < -0.39 is 48.3 Å². The Kier molecular flexibility index (Phi) is 5.58. The molecule has 1 N–H and O–H groups in total. The van der Waals surface area contributed by atoms with Crippen LogP contribution >= 0.6 is 0 Å². The van der Waals surface area contributed by atoms with Crippen LogP contribution in [0.3, 0.4) is 0 Å². The van der Waals surface area contributed by atoms with Gasteiger partial charge in [-0.15, -0.1) is 0 Å². The van der Waals surface area contributed by atoms with Crippen LogP contribution in [0.5, 0.6) is 5.75 Å². The largest absolute Gasteiger partial charge is 0.486 e. The van der Waals surface area contributed by atoms with E-state index in [0.717, 1.165) is 18.2 Å². The van der Waals surface area contributed by atoms with E-state index in [0.29, 0.717) is 4.90 Å². The molecular formula is C17H20F4N2O4. The van der Waals surface area contributed by atoms with Crippen molar-refractivity contribution in [3.8, 4) is 5.75 Å². The van der Waals surface area contributed by atoms with E-state index in [9.17, 15) is 27.2 Å². The maximum Gasteiger partial charge on any atom is 0.408 e. The van der Waals surface area contributed by atoms with Crippen molar-refractivity contribution in [1.29, 1.82) is 0 Å². The molecule has 0 fully saturated rings. The first kappa shape index (κ1) is 20.8. The van der Waals surface area contributed by atoms with Crippen molar-refractivity contribution in [3.63, 3.8) is 0 Å². The third-order valence-electron chi connectivity index (χ3n) is 3.54. The second kappa shape index (κ2) is 7.24. The number of nitrogens with one attached hydrogen (secondary N) is 1. The molecule has 2 atom stereocenters. The van der Waals surface area contributed by atoms with Crippen LogP contribution in [0, 0.1) is 5.82 Å². The van der Waals surface area contributed by atoms with Gasteiger partial charge in [0.15, 0.2) is 0 Å². The topological polar surface area (TPSA) is 67.9 Å². The molecule has 150 valence electrons. The van der Waals surface area contributed by atoms with Crippen LogP contribution in [0.15, 0.2) is 18.2 Å². The molecule has 1 heterocycles. The first-order valence-electron chi connectivity index (χ1n) is 8.11. The van der Waals surface area contributed by atoms with Gasteiger partial charge in [-0.1, -0.05) is 0 Å².